The largest absolute Gasteiger partial charge is 0.352 e. The van der Waals surface area contributed by atoms with Crippen LogP contribution in [0.25, 0.3) is 6.08 Å². The SMILES string of the molecule is COC(OC)c1ccccc1C=CCSC(C)=O. The molecule has 0 aliphatic rings. The number of carbonyl (C=O) groups is 1. The van der Waals surface area contributed by atoms with E-state index in [2.05, 4.69) is 0 Å². The first-order valence-electron chi connectivity index (χ1n) is 5.63. The maximum Gasteiger partial charge on any atom is 0.186 e. The smallest absolute Gasteiger partial charge is 0.186 e. The Balaban J connectivity index is 2.78. The molecule has 98 valence electrons. The Hall–Kier alpha value is -1.10. The van der Waals surface area contributed by atoms with Gasteiger partial charge in [0.25, 0.3) is 0 Å². The molecule has 4 heteroatoms. The Labute approximate surface area is 112 Å². The standard InChI is InChI=1S/C14H18O3S/c1-11(15)18-10-6-8-12-7-4-5-9-13(12)14(16-2)17-3/h4-9,14H,10H2,1-3H3. The molecule has 0 bridgehead atoms. The van der Waals surface area contributed by atoms with Gasteiger partial charge in [-0.15, -0.1) is 0 Å². The molecule has 0 unspecified atom stereocenters. The molecule has 0 aliphatic carbocycles. The van der Waals surface area contributed by atoms with Gasteiger partial charge in [-0.05, 0) is 5.56 Å². The van der Waals surface area contributed by atoms with Crippen molar-refractivity contribution < 1.29 is 14.3 Å². The van der Waals surface area contributed by atoms with E-state index in [1.54, 1.807) is 21.1 Å². The van der Waals surface area contributed by atoms with E-state index in [0.29, 0.717) is 5.75 Å². The molecule has 0 fully saturated rings. The van der Waals surface area contributed by atoms with Crippen molar-refractivity contribution in [3.05, 3.63) is 41.5 Å². The summed E-state index contributed by atoms with van der Waals surface area (Å²) in [6.07, 6.45) is 3.58. The first-order valence-corrected chi connectivity index (χ1v) is 6.62. The zero-order valence-corrected chi connectivity index (χ0v) is 11.7. The second-order valence-corrected chi connectivity index (χ2v) is 4.83. The predicted molar refractivity (Wildman–Crippen MR) is 75.4 cm³/mol. The molecular formula is C14H18O3S. The lowest BCUT2D eigenvalue weighted by Gasteiger charge is -2.15. The number of thioether (sulfide) groups is 1. The number of methoxy groups -OCH3 is 2. The Kier molecular flexibility index (Phi) is 6.72. The zero-order chi connectivity index (χ0) is 13.4. The first kappa shape index (κ1) is 15.0. The minimum absolute atomic E-state index is 0.125. The lowest BCUT2D eigenvalue weighted by atomic mass is 10.1. The van der Waals surface area contributed by atoms with Crippen molar-refractivity contribution in [2.45, 2.75) is 13.2 Å². The summed E-state index contributed by atoms with van der Waals surface area (Å²) in [6.45, 7) is 1.57. The fourth-order valence-electron chi connectivity index (χ4n) is 1.57. The van der Waals surface area contributed by atoms with Crippen LogP contribution in [-0.4, -0.2) is 25.1 Å². The predicted octanol–water partition coefficient (Wildman–Crippen LogP) is 3.27. The van der Waals surface area contributed by atoms with Crippen LogP contribution in [0.5, 0.6) is 0 Å². The number of rotatable bonds is 6. The van der Waals surface area contributed by atoms with Crippen LogP contribution < -0.4 is 0 Å². The minimum atomic E-state index is -0.369. The fraction of sp³-hybridized carbons (Fsp3) is 0.357. The molecule has 0 spiro atoms. The molecule has 0 N–H and O–H groups in total. The Morgan fingerprint density at radius 2 is 2.00 bits per heavy atom. The molecule has 1 aromatic carbocycles. The van der Waals surface area contributed by atoms with Gasteiger partial charge in [-0.2, -0.15) is 0 Å². The van der Waals surface area contributed by atoms with Crippen molar-refractivity contribution in [3.8, 4) is 0 Å². The van der Waals surface area contributed by atoms with Gasteiger partial charge in [-0.3, -0.25) is 4.79 Å². The molecule has 0 amide bonds. The summed E-state index contributed by atoms with van der Waals surface area (Å²) in [7, 11) is 3.22. The molecular weight excluding hydrogens is 248 g/mol. The highest BCUT2D eigenvalue weighted by atomic mass is 32.2. The number of hydrogen-bond donors (Lipinski definition) is 0. The van der Waals surface area contributed by atoms with Crippen molar-refractivity contribution in [1.29, 1.82) is 0 Å². The maximum absolute atomic E-state index is 10.8. The topological polar surface area (TPSA) is 35.5 Å². The summed E-state index contributed by atoms with van der Waals surface area (Å²) in [4.78, 5) is 10.8. The van der Waals surface area contributed by atoms with E-state index in [9.17, 15) is 4.79 Å². The summed E-state index contributed by atoms with van der Waals surface area (Å²) >= 11 is 1.29. The molecule has 0 saturated carbocycles. The third-order valence-corrected chi connectivity index (χ3v) is 3.12. The van der Waals surface area contributed by atoms with Crippen LogP contribution in [0.2, 0.25) is 0 Å². The molecule has 0 heterocycles. The molecule has 1 rings (SSSR count). The minimum Gasteiger partial charge on any atom is -0.352 e. The van der Waals surface area contributed by atoms with Crippen LogP contribution in [-0.2, 0) is 14.3 Å². The van der Waals surface area contributed by atoms with Crippen LogP contribution in [0, 0.1) is 0 Å². The maximum atomic E-state index is 10.8. The fourth-order valence-corrected chi connectivity index (χ4v) is 2.00. The summed E-state index contributed by atoms with van der Waals surface area (Å²) in [6, 6.07) is 7.87. The number of benzene rings is 1. The lowest BCUT2D eigenvalue weighted by molar-refractivity contribution is -0.109. The third-order valence-electron chi connectivity index (χ3n) is 2.36. The van der Waals surface area contributed by atoms with Gasteiger partial charge in [-0.1, -0.05) is 48.2 Å². The van der Waals surface area contributed by atoms with Gasteiger partial charge in [0.2, 0.25) is 0 Å². The average molecular weight is 266 g/mol. The molecule has 0 aliphatic heterocycles. The van der Waals surface area contributed by atoms with Gasteiger partial charge in [0.05, 0.1) is 0 Å². The molecule has 0 radical (unpaired) electrons. The van der Waals surface area contributed by atoms with E-state index in [1.165, 1.54) is 11.8 Å². The Morgan fingerprint density at radius 3 is 2.61 bits per heavy atom. The summed E-state index contributed by atoms with van der Waals surface area (Å²) < 4.78 is 10.5. The van der Waals surface area contributed by atoms with Gasteiger partial charge in [0.1, 0.15) is 0 Å². The zero-order valence-electron chi connectivity index (χ0n) is 10.9. The third kappa shape index (κ3) is 4.64. The van der Waals surface area contributed by atoms with Gasteiger partial charge < -0.3 is 9.47 Å². The highest BCUT2D eigenvalue weighted by Gasteiger charge is 2.11. The first-order chi connectivity index (χ1) is 8.69. The second kappa shape index (κ2) is 8.08. The van der Waals surface area contributed by atoms with Crippen molar-refractivity contribution in [3.63, 3.8) is 0 Å². The molecule has 0 aromatic heterocycles. The van der Waals surface area contributed by atoms with Crippen LogP contribution in [0.3, 0.4) is 0 Å². The quantitative estimate of drug-likeness (QED) is 0.740. The van der Waals surface area contributed by atoms with E-state index in [4.69, 9.17) is 9.47 Å². The van der Waals surface area contributed by atoms with Crippen LogP contribution in [0.1, 0.15) is 24.3 Å². The molecule has 0 saturated heterocycles. The summed E-state index contributed by atoms with van der Waals surface area (Å²) in [5.74, 6) is 0.675. The van der Waals surface area contributed by atoms with Gasteiger partial charge >= 0.3 is 0 Å². The Bertz CT molecular complexity index is 411. The van der Waals surface area contributed by atoms with Gasteiger partial charge in [-0.25, -0.2) is 0 Å². The number of carbonyl (C=O) groups excluding carboxylic acids is 1. The van der Waals surface area contributed by atoms with E-state index in [-0.39, 0.29) is 11.4 Å². The second-order valence-electron chi connectivity index (χ2n) is 3.64. The normalized spacial score (nSPS) is 11.3. The molecule has 0 atom stereocenters. The van der Waals surface area contributed by atoms with Crippen molar-refractivity contribution in [2.24, 2.45) is 0 Å². The number of ether oxygens (including phenoxy) is 2. The van der Waals surface area contributed by atoms with Gasteiger partial charge in [0.15, 0.2) is 11.4 Å². The van der Waals surface area contributed by atoms with Gasteiger partial charge in [0, 0.05) is 32.5 Å². The monoisotopic (exact) mass is 266 g/mol. The van der Waals surface area contributed by atoms with E-state index >= 15 is 0 Å². The summed E-state index contributed by atoms with van der Waals surface area (Å²) in [5.41, 5.74) is 2.02. The Morgan fingerprint density at radius 1 is 1.33 bits per heavy atom. The highest BCUT2D eigenvalue weighted by molar-refractivity contribution is 8.13. The van der Waals surface area contributed by atoms with Crippen LogP contribution in [0.15, 0.2) is 30.3 Å². The highest BCUT2D eigenvalue weighted by Crippen LogP contribution is 2.22. The molecule has 1 aromatic rings. The van der Waals surface area contributed by atoms with Crippen LogP contribution in [0.4, 0.5) is 0 Å². The number of hydrogen-bond acceptors (Lipinski definition) is 4. The summed E-state index contributed by atoms with van der Waals surface area (Å²) in [5, 5.41) is 0.125. The van der Waals surface area contributed by atoms with E-state index in [0.717, 1.165) is 11.1 Å². The van der Waals surface area contributed by atoms with Crippen molar-refractivity contribution >= 4 is 23.0 Å². The van der Waals surface area contributed by atoms with Crippen LogP contribution >= 0.6 is 11.8 Å². The van der Waals surface area contributed by atoms with E-state index < -0.39 is 0 Å². The molecule has 3 nitrogen and oxygen atoms in total. The van der Waals surface area contributed by atoms with E-state index in [1.807, 2.05) is 36.4 Å². The van der Waals surface area contributed by atoms with Crippen molar-refractivity contribution in [2.75, 3.05) is 20.0 Å². The average Bonchev–Trinajstić information content (AvgIpc) is 2.37. The van der Waals surface area contributed by atoms with Crippen molar-refractivity contribution in [1.82, 2.24) is 0 Å². The lowest BCUT2D eigenvalue weighted by Crippen LogP contribution is -2.05. The molecule has 18 heavy (non-hydrogen) atoms.